The molecule has 3 aromatic rings. The van der Waals surface area contributed by atoms with Gasteiger partial charge in [-0.3, -0.25) is 4.79 Å². The Labute approximate surface area is 184 Å². The zero-order valence-corrected chi connectivity index (χ0v) is 18.7. The summed E-state index contributed by atoms with van der Waals surface area (Å²) in [5, 5.41) is 3.85. The number of nitrogens with one attached hydrogen (secondary N) is 2. The van der Waals surface area contributed by atoms with Crippen LogP contribution in [0.15, 0.2) is 53.6 Å². The SMILES string of the molecule is COc1ccc(Cl)cc1S(=O)(=O)NCCNc1ncc(C(=O)c2ccccc2C)s1. The van der Waals surface area contributed by atoms with E-state index in [1.54, 1.807) is 12.1 Å². The zero-order chi connectivity index (χ0) is 21.7. The molecule has 10 heteroatoms. The molecule has 0 amide bonds. The number of carbonyl (C=O) groups is 1. The van der Waals surface area contributed by atoms with Crippen molar-refractivity contribution in [3.63, 3.8) is 0 Å². The number of ether oxygens (including phenoxy) is 1. The lowest BCUT2D eigenvalue weighted by molar-refractivity contribution is 0.104. The van der Waals surface area contributed by atoms with Gasteiger partial charge in [0.15, 0.2) is 5.13 Å². The van der Waals surface area contributed by atoms with E-state index in [1.807, 2.05) is 25.1 Å². The minimum Gasteiger partial charge on any atom is -0.495 e. The van der Waals surface area contributed by atoms with Gasteiger partial charge in [-0.05, 0) is 30.7 Å². The summed E-state index contributed by atoms with van der Waals surface area (Å²) >= 11 is 7.13. The van der Waals surface area contributed by atoms with Gasteiger partial charge in [-0.25, -0.2) is 18.1 Å². The quantitative estimate of drug-likeness (QED) is 0.369. The summed E-state index contributed by atoms with van der Waals surface area (Å²) in [6.45, 7) is 2.28. The van der Waals surface area contributed by atoms with Gasteiger partial charge in [-0.2, -0.15) is 0 Å². The molecule has 158 valence electrons. The number of methoxy groups -OCH3 is 1. The van der Waals surface area contributed by atoms with Gasteiger partial charge in [0.1, 0.15) is 10.6 Å². The number of halogens is 1. The van der Waals surface area contributed by atoms with Crippen LogP contribution in [0.2, 0.25) is 5.02 Å². The van der Waals surface area contributed by atoms with Crippen molar-refractivity contribution in [1.82, 2.24) is 9.71 Å². The van der Waals surface area contributed by atoms with Crippen molar-refractivity contribution in [3.8, 4) is 5.75 Å². The molecule has 0 unspecified atom stereocenters. The number of benzene rings is 2. The van der Waals surface area contributed by atoms with E-state index in [2.05, 4.69) is 15.0 Å². The molecule has 7 nitrogen and oxygen atoms in total. The molecule has 0 radical (unpaired) electrons. The zero-order valence-electron chi connectivity index (χ0n) is 16.3. The average molecular weight is 466 g/mol. The van der Waals surface area contributed by atoms with Crippen LogP contribution in [0, 0.1) is 6.92 Å². The molecule has 30 heavy (non-hydrogen) atoms. The number of aryl methyl sites for hydroxylation is 1. The van der Waals surface area contributed by atoms with Crippen molar-refractivity contribution >= 4 is 43.9 Å². The maximum Gasteiger partial charge on any atom is 0.244 e. The summed E-state index contributed by atoms with van der Waals surface area (Å²) < 4.78 is 32.6. The Kier molecular flexibility index (Phi) is 7.09. The van der Waals surface area contributed by atoms with E-state index in [0.29, 0.717) is 20.6 Å². The van der Waals surface area contributed by atoms with Gasteiger partial charge in [0.05, 0.1) is 18.2 Å². The van der Waals surface area contributed by atoms with Crippen molar-refractivity contribution in [1.29, 1.82) is 0 Å². The summed E-state index contributed by atoms with van der Waals surface area (Å²) in [7, 11) is -2.41. The molecule has 1 aromatic heterocycles. The van der Waals surface area contributed by atoms with E-state index < -0.39 is 10.0 Å². The number of hydrogen-bond donors (Lipinski definition) is 2. The lowest BCUT2D eigenvalue weighted by Gasteiger charge is -2.11. The number of nitrogens with zero attached hydrogens (tertiary/aromatic N) is 1. The van der Waals surface area contributed by atoms with Gasteiger partial charge >= 0.3 is 0 Å². The lowest BCUT2D eigenvalue weighted by atomic mass is 10.0. The van der Waals surface area contributed by atoms with Crippen molar-refractivity contribution < 1.29 is 17.9 Å². The number of anilines is 1. The van der Waals surface area contributed by atoms with Crippen LogP contribution in [0.3, 0.4) is 0 Å². The normalized spacial score (nSPS) is 11.3. The summed E-state index contributed by atoms with van der Waals surface area (Å²) in [4.78, 5) is 17.3. The van der Waals surface area contributed by atoms with Gasteiger partial charge in [-0.15, -0.1) is 0 Å². The van der Waals surface area contributed by atoms with Crippen LogP contribution in [0.1, 0.15) is 20.8 Å². The molecular weight excluding hydrogens is 446 g/mol. The highest BCUT2D eigenvalue weighted by Gasteiger charge is 2.20. The maximum atomic E-state index is 12.6. The van der Waals surface area contributed by atoms with Crippen LogP contribution in [0.25, 0.3) is 0 Å². The van der Waals surface area contributed by atoms with Gasteiger partial charge in [-0.1, -0.05) is 47.2 Å². The summed E-state index contributed by atoms with van der Waals surface area (Å²) in [6.07, 6.45) is 1.52. The number of ketones is 1. The van der Waals surface area contributed by atoms with Crippen molar-refractivity contribution in [3.05, 3.63) is 69.7 Å². The van der Waals surface area contributed by atoms with Crippen LogP contribution in [-0.2, 0) is 10.0 Å². The molecule has 0 spiro atoms. The van der Waals surface area contributed by atoms with E-state index >= 15 is 0 Å². The molecule has 2 N–H and O–H groups in total. The minimum atomic E-state index is -3.80. The number of hydrogen-bond acceptors (Lipinski definition) is 7. The first kappa shape index (κ1) is 22.2. The molecule has 0 aliphatic carbocycles. The van der Waals surface area contributed by atoms with Gasteiger partial charge in [0.2, 0.25) is 15.8 Å². The summed E-state index contributed by atoms with van der Waals surface area (Å²) in [5.41, 5.74) is 1.53. The predicted molar refractivity (Wildman–Crippen MR) is 118 cm³/mol. The Balaban J connectivity index is 1.58. The molecule has 1 heterocycles. The first-order chi connectivity index (χ1) is 14.3. The largest absolute Gasteiger partial charge is 0.495 e. The van der Waals surface area contributed by atoms with Crippen LogP contribution in [0.4, 0.5) is 5.13 Å². The Morgan fingerprint density at radius 1 is 1.20 bits per heavy atom. The highest BCUT2D eigenvalue weighted by molar-refractivity contribution is 7.89. The molecule has 0 aliphatic heterocycles. The third-order valence-electron chi connectivity index (χ3n) is 4.23. The second-order valence-corrected chi connectivity index (χ2v) is 9.50. The molecule has 0 aliphatic rings. The number of thiazole rings is 1. The molecule has 0 bridgehead atoms. The monoisotopic (exact) mass is 465 g/mol. The van der Waals surface area contributed by atoms with E-state index in [-0.39, 0.29) is 29.5 Å². The third-order valence-corrected chi connectivity index (χ3v) is 6.90. The van der Waals surface area contributed by atoms with E-state index in [9.17, 15) is 13.2 Å². The second kappa shape index (κ2) is 9.57. The predicted octanol–water partition coefficient (Wildman–Crippen LogP) is 3.73. The Morgan fingerprint density at radius 3 is 2.70 bits per heavy atom. The Hall–Kier alpha value is -2.46. The van der Waals surface area contributed by atoms with Gasteiger partial charge in [0, 0.05) is 23.7 Å². The Morgan fingerprint density at radius 2 is 1.97 bits per heavy atom. The molecule has 0 saturated carbocycles. The molecular formula is C20H20ClN3O4S2. The third kappa shape index (κ3) is 5.17. The fourth-order valence-corrected chi connectivity index (χ4v) is 4.97. The van der Waals surface area contributed by atoms with E-state index in [1.165, 1.54) is 36.8 Å². The fourth-order valence-electron chi connectivity index (χ4n) is 2.71. The number of rotatable bonds is 9. The van der Waals surface area contributed by atoms with E-state index in [4.69, 9.17) is 16.3 Å². The number of sulfonamides is 1. The lowest BCUT2D eigenvalue weighted by Crippen LogP contribution is -2.29. The number of carbonyl (C=O) groups excluding carboxylic acids is 1. The molecule has 0 saturated heterocycles. The van der Waals surface area contributed by atoms with Crippen LogP contribution < -0.4 is 14.8 Å². The Bertz CT molecular complexity index is 1160. The van der Waals surface area contributed by atoms with Crippen molar-refractivity contribution in [2.75, 3.05) is 25.5 Å². The standard InChI is InChI=1S/C20H20ClN3O4S2/c1-13-5-3-4-6-15(13)19(25)17-12-23-20(29-17)22-9-10-24-30(26,27)18-11-14(21)7-8-16(18)28-2/h3-8,11-12,24H,9-10H2,1-2H3,(H,22,23). The number of aromatic nitrogens is 1. The molecule has 3 rings (SSSR count). The topological polar surface area (TPSA) is 97.4 Å². The fraction of sp³-hybridized carbons (Fsp3) is 0.200. The highest BCUT2D eigenvalue weighted by atomic mass is 35.5. The first-order valence-corrected chi connectivity index (χ1v) is 11.6. The van der Waals surface area contributed by atoms with Gasteiger partial charge < -0.3 is 10.1 Å². The molecule has 0 atom stereocenters. The first-order valence-electron chi connectivity index (χ1n) is 8.95. The van der Waals surface area contributed by atoms with Crippen molar-refractivity contribution in [2.45, 2.75) is 11.8 Å². The van der Waals surface area contributed by atoms with Gasteiger partial charge in [0.25, 0.3) is 0 Å². The maximum absolute atomic E-state index is 12.6. The van der Waals surface area contributed by atoms with Crippen LogP contribution in [-0.4, -0.2) is 39.4 Å². The van der Waals surface area contributed by atoms with Crippen LogP contribution >= 0.6 is 22.9 Å². The highest BCUT2D eigenvalue weighted by Crippen LogP contribution is 2.27. The summed E-state index contributed by atoms with van der Waals surface area (Å²) in [6, 6.07) is 11.8. The van der Waals surface area contributed by atoms with E-state index in [0.717, 1.165) is 5.56 Å². The van der Waals surface area contributed by atoms with Crippen LogP contribution in [0.5, 0.6) is 5.75 Å². The molecule has 2 aromatic carbocycles. The molecule has 0 fully saturated rings. The minimum absolute atomic E-state index is 0.0298. The smallest absolute Gasteiger partial charge is 0.244 e. The second-order valence-electron chi connectivity index (χ2n) is 6.29. The summed E-state index contributed by atoms with van der Waals surface area (Å²) in [5.74, 6) is 0.117. The van der Waals surface area contributed by atoms with Crippen molar-refractivity contribution in [2.24, 2.45) is 0 Å². The average Bonchev–Trinajstić information content (AvgIpc) is 3.20.